The highest BCUT2D eigenvalue weighted by molar-refractivity contribution is 7.15. The van der Waals surface area contributed by atoms with E-state index in [9.17, 15) is 4.79 Å². The minimum atomic E-state index is 0.159. The molecule has 1 fully saturated rings. The second-order valence-electron chi connectivity index (χ2n) is 5.89. The maximum absolute atomic E-state index is 11.2. The van der Waals surface area contributed by atoms with Crippen molar-refractivity contribution in [3.05, 3.63) is 34.7 Å². The molecule has 0 bridgehead atoms. The van der Waals surface area contributed by atoms with Gasteiger partial charge in [-0.3, -0.25) is 9.78 Å². The minimum absolute atomic E-state index is 0.159. The Bertz CT molecular complexity index is 671. The highest BCUT2D eigenvalue weighted by Crippen LogP contribution is 2.47. The normalized spacial score (nSPS) is 16.1. The summed E-state index contributed by atoms with van der Waals surface area (Å²) in [6, 6.07) is 4.22. The Balaban J connectivity index is 1.96. The zero-order chi connectivity index (χ0) is 14.3. The summed E-state index contributed by atoms with van der Waals surface area (Å²) in [6.07, 6.45) is 4.76. The largest absolute Gasteiger partial charge is 0.300 e. The molecule has 2 aromatic heterocycles. The number of aryl methyl sites for hydroxylation is 1. The predicted molar refractivity (Wildman–Crippen MR) is 81.1 cm³/mol. The summed E-state index contributed by atoms with van der Waals surface area (Å²) in [6.45, 7) is 5.88. The van der Waals surface area contributed by atoms with Crippen LogP contribution in [-0.2, 0) is 16.6 Å². The van der Waals surface area contributed by atoms with Crippen LogP contribution in [-0.4, -0.2) is 15.8 Å². The van der Waals surface area contributed by atoms with Gasteiger partial charge in [0.05, 0.1) is 17.0 Å². The van der Waals surface area contributed by atoms with Gasteiger partial charge in [0.15, 0.2) is 0 Å². The Labute approximate surface area is 123 Å². The lowest BCUT2D eigenvalue weighted by molar-refractivity contribution is -0.116. The molecule has 2 aromatic rings. The molecule has 0 amide bonds. The molecule has 0 spiro atoms. The molecule has 0 N–H and O–H groups in total. The molecule has 1 saturated carbocycles. The van der Waals surface area contributed by atoms with Gasteiger partial charge < -0.3 is 0 Å². The summed E-state index contributed by atoms with van der Waals surface area (Å²) in [5, 5.41) is 0.904. The van der Waals surface area contributed by atoms with Crippen LogP contribution in [0.2, 0.25) is 0 Å². The van der Waals surface area contributed by atoms with E-state index in [1.807, 2.05) is 19.2 Å². The third kappa shape index (κ3) is 2.52. The lowest BCUT2D eigenvalue weighted by Crippen LogP contribution is -2.02. The van der Waals surface area contributed by atoms with Gasteiger partial charge in [0.25, 0.3) is 0 Å². The van der Waals surface area contributed by atoms with Crippen LogP contribution in [0.15, 0.2) is 18.3 Å². The van der Waals surface area contributed by atoms with Gasteiger partial charge in [0.1, 0.15) is 10.8 Å². The van der Waals surface area contributed by atoms with Gasteiger partial charge in [-0.2, -0.15) is 0 Å². The zero-order valence-corrected chi connectivity index (χ0v) is 12.9. The molecule has 2 heterocycles. The quantitative estimate of drug-likeness (QED) is 0.860. The van der Waals surface area contributed by atoms with Crippen molar-refractivity contribution in [3.63, 3.8) is 0 Å². The molecule has 0 aromatic carbocycles. The number of rotatable bonds is 4. The first-order valence-corrected chi connectivity index (χ1v) is 7.72. The molecule has 1 aliphatic rings. The van der Waals surface area contributed by atoms with E-state index in [0.717, 1.165) is 15.6 Å². The summed E-state index contributed by atoms with van der Waals surface area (Å²) >= 11 is 1.62. The fourth-order valence-electron chi connectivity index (χ4n) is 2.35. The van der Waals surface area contributed by atoms with Crippen LogP contribution in [0, 0.1) is 6.92 Å². The molecule has 0 aliphatic heterocycles. The lowest BCUT2D eigenvalue weighted by Gasteiger charge is -2.08. The predicted octanol–water partition coefficient (Wildman–Crippen LogP) is 3.70. The molecule has 0 radical (unpaired) electrons. The van der Waals surface area contributed by atoms with Crippen LogP contribution in [0.4, 0.5) is 0 Å². The van der Waals surface area contributed by atoms with Gasteiger partial charge >= 0.3 is 0 Å². The summed E-state index contributed by atoms with van der Waals surface area (Å²) in [5.74, 6) is 0.159. The molecule has 0 unspecified atom stereocenters. The van der Waals surface area contributed by atoms with Gasteiger partial charge in [-0.1, -0.05) is 6.92 Å². The Morgan fingerprint density at radius 3 is 2.85 bits per heavy atom. The average Bonchev–Trinajstić information content (AvgIpc) is 3.04. The summed E-state index contributed by atoms with van der Waals surface area (Å²) in [7, 11) is 0. The topological polar surface area (TPSA) is 42.9 Å². The second kappa shape index (κ2) is 4.77. The van der Waals surface area contributed by atoms with Crippen LogP contribution in [0.5, 0.6) is 0 Å². The van der Waals surface area contributed by atoms with Crippen molar-refractivity contribution in [1.29, 1.82) is 0 Å². The summed E-state index contributed by atoms with van der Waals surface area (Å²) in [5.41, 5.74) is 3.63. The second-order valence-corrected chi connectivity index (χ2v) is 6.97. The van der Waals surface area contributed by atoms with Crippen LogP contribution in [0.3, 0.4) is 0 Å². The smallest absolute Gasteiger partial charge is 0.136 e. The van der Waals surface area contributed by atoms with E-state index in [1.54, 1.807) is 18.3 Å². The maximum Gasteiger partial charge on any atom is 0.136 e. The molecule has 104 valence electrons. The first kappa shape index (κ1) is 13.4. The van der Waals surface area contributed by atoms with Crippen molar-refractivity contribution in [2.24, 2.45) is 0 Å². The molecule has 1 aliphatic carbocycles. The summed E-state index contributed by atoms with van der Waals surface area (Å²) in [4.78, 5) is 21.4. The van der Waals surface area contributed by atoms with Gasteiger partial charge in [-0.25, -0.2) is 4.98 Å². The lowest BCUT2D eigenvalue weighted by atomic mass is 10.0. The highest BCUT2D eigenvalue weighted by atomic mass is 32.1. The van der Waals surface area contributed by atoms with Gasteiger partial charge in [0, 0.05) is 17.3 Å². The molecular formula is C16H18N2OS. The van der Waals surface area contributed by atoms with E-state index in [-0.39, 0.29) is 11.2 Å². The number of Topliss-reactive ketones (excluding diaryl/α,β-unsaturated/α-hetero) is 1. The number of hydrogen-bond donors (Lipinski definition) is 0. The minimum Gasteiger partial charge on any atom is -0.300 e. The number of hydrogen-bond acceptors (Lipinski definition) is 4. The number of carbonyl (C=O) groups is 1. The first-order chi connectivity index (χ1) is 9.48. The standard InChI is InChI=1S/C16H18N2OS/c1-10(19)8-14-18-11(2)15(20-14)12-4-7-17-13(9-12)16(3)5-6-16/h4,7,9H,5-6,8H2,1-3H3. The van der Waals surface area contributed by atoms with Crippen molar-refractivity contribution in [2.45, 2.75) is 45.4 Å². The number of carbonyl (C=O) groups excluding carboxylic acids is 1. The third-order valence-corrected chi connectivity index (χ3v) is 5.09. The molecular weight excluding hydrogens is 268 g/mol. The fraction of sp³-hybridized carbons (Fsp3) is 0.438. The number of aromatic nitrogens is 2. The van der Waals surface area contributed by atoms with Crippen molar-refractivity contribution >= 4 is 17.1 Å². The molecule has 3 nitrogen and oxygen atoms in total. The number of pyridine rings is 1. The zero-order valence-electron chi connectivity index (χ0n) is 12.1. The van der Waals surface area contributed by atoms with Crippen LogP contribution in [0.1, 0.15) is 43.1 Å². The van der Waals surface area contributed by atoms with E-state index in [1.165, 1.54) is 24.1 Å². The van der Waals surface area contributed by atoms with E-state index in [2.05, 4.69) is 23.0 Å². The third-order valence-electron chi connectivity index (χ3n) is 3.88. The Hall–Kier alpha value is -1.55. The highest BCUT2D eigenvalue weighted by Gasteiger charge is 2.40. The van der Waals surface area contributed by atoms with Gasteiger partial charge in [-0.05, 0) is 44.4 Å². The van der Waals surface area contributed by atoms with E-state index in [4.69, 9.17) is 0 Å². The molecule has 4 heteroatoms. The monoisotopic (exact) mass is 286 g/mol. The van der Waals surface area contributed by atoms with Crippen LogP contribution >= 0.6 is 11.3 Å². The van der Waals surface area contributed by atoms with Crippen molar-refractivity contribution in [3.8, 4) is 10.4 Å². The molecule has 3 rings (SSSR count). The van der Waals surface area contributed by atoms with Crippen LogP contribution in [0.25, 0.3) is 10.4 Å². The Morgan fingerprint density at radius 1 is 1.45 bits per heavy atom. The van der Waals surface area contributed by atoms with E-state index >= 15 is 0 Å². The maximum atomic E-state index is 11.2. The fourth-order valence-corrected chi connectivity index (χ4v) is 3.49. The number of ketones is 1. The Kier molecular flexibility index (Phi) is 3.21. The SMILES string of the molecule is CC(=O)Cc1nc(C)c(-c2ccnc(C3(C)CC3)c2)s1. The van der Waals surface area contributed by atoms with Crippen molar-refractivity contribution < 1.29 is 4.79 Å². The molecule has 0 atom stereocenters. The number of nitrogens with zero attached hydrogens (tertiary/aromatic N) is 2. The first-order valence-electron chi connectivity index (χ1n) is 6.90. The summed E-state index contributed by atoms with van der Waals surface area (Å²) < 4.78 is 0. The Morgan fingerprint density at radius 2 is 2.20 bits per heavy atom. The van der Waals surface area contributed by atoms with Crippen molar-refractivity contribution in [2.75, 3.05) is 0 Å². The molecule has 20 heavy (non-hydrogen) atoms. The van der Waals surface area contributed by atoms with Gasteiger partial charge in [-0.15, -0.1) is 11.3 Å². The van der Waals surface area contributed by atoms with Crippen LogP contribution < -0.4 is 0 Å². The van der Waals surface area contributed by atoms with Gasteiger partial charge in [0.2, 0.25) is 0 Å². The molecule has 0 saturated heterocycles. The average molecular weight is 286 g/mol. The van der Waals surface area contributed by atoms with E-state index < -0.39 is 0 Å². The number of thiazole rings is 1. The van der Waals surface area contributed by atoms with Crippen molar-refractivity contribution in [1.82, 2.24) is 9.97 Å². The van der Waals surface area contributed by atoms with E-state index in [0.29, 0.717) is 6.42 Å².